The largest absolute Gasteiger partial charge is 0.477 e. The predicted molar refractivity (Wildman–Crippen MR) is 78.3 cm³/mol. The molecule has 1 aromatic carbocycles. The SMILES string of the molecule is Cc1ccc(-c2cc(C)n(C)c(=O)c2C(=O)O)c(C)c1. The average Bonchev–Trinajstić information content (AvgIpc) is 2.35. The standard InChI is InChI=1S/C16H17NO3/c1-9-5-6-12(10(2)7-9)13-8-11(3)17(4)15(18)14(13)16(19)20/h5-8H,1-4H3,(H,19,20). The van der Waals surface area contributed by atoms with Gasteiger partial charge in [0.2, 0.25) is 0 Å². The van der Waals surface area contributed by atoms with Crippen LogP contribution in [-0.4, -0.2) is 15.6 Å². The number of carboxylic acids is 1. The van der Waals surface area contributed by atoms with Gasteiger partial charge in [-0.3, -0.25) is 4.79 Å². The summed E-state index contributed by atoms with van der Waals surface area (Å²) in [5, 5.41) is 9.36. The molecule has 0 unspecified atom stereocenters. The Hall–Kier alpha value is -2.36. The van der Waals surface area contributed by atoms with Crippen LogP contribution in [0.5, 0.6) is 0 Å². The number of benzene rings is 1. The summed E-state index contributed by atoms with van der Waals surface area (Å²) >= 11 is 0. The molecule has 0 radical (unpaired) electrons. The Labute approximate surface area is 117 Å². The quantitative estimate of drug-likeness (QED) is 0.913. The van der Waals surface area contributed by atoms with Crippen LogP contribution in [0.1, 0.15) is 27.2 Å². The van der Waals surface area contributed by atoms with Crippen molar-refractivity contribution in [1.82, 2.24) is 4.57 Å². The summed E-state index contributed by atoms with van der Waals surface area (Å²) in [4.78, 5) is 23.6. The van der Waals surface area contributed by atoms with E-state index in [0.29, 0.717) is 5.56 Å². The molecule has 2 aromatic rings. The van der Waals surface area contributed by atoms with E-state index in [-0.39, 0.29) is 5.56 Å². The van der Waals surface area contributed by atoms with Crippen LogP contribution in [0.3, 0.4) is 0 Å². The molecule has 104 valence electrons. The zero-order valence-electron chi connectivity index (χ0n) is 12.0. The monoisotopic (exact) mass is 271 g/mol. The van der Waals surface area contributed by atoms with Gasteiger partial charge in [0.05, 0.1) is 0 Å². The molecule has 0 saturated carbocycles. The molecule has 2 rings (SSSR count). The lowest BCUT2D eigenvalue weighted by Gasteiger charge is -2.13. The van der Waals surface area contributed by atoms with Crippen LogP contribution in [0.25, 0.3) is 11.1 Å². The molecule has 1 aromatic heterocycles. The van der Waals surface area contributed by atoms with Crippen LogP contribution >= 0.6 is 0 Å². The van der Waals surface area contributed by atoms with Crippen molar-refractivity contribution in [1.29, 1.82) is 0 Å². The summed E-state index contributed by atoms with van der Waals surface area (Å²) in [5.41, 5.74) is 3.40. The molecule has 4 nitrogen and oxygen atoms in total. The number of nitrogens with zero attached hydrogens (tertiary/aromatic N) is 1. The number of aromatic carboxylic acids is 1. The van der Waals surface area contributed by atoms with Crippen molar-refractivity contribution in [3.63, 3.8) is 0 Å². The predicted octanol–water partition coefficient (Wildman–Crippen LogP) is 2.68. The van der Waals surface area contributed by atoms with E-state index in [1.54, 1.807) is 20.0 Å². The Morgan fingerprint density at radius 2 is 1.75 bits per heavy atom. The molecule has 0 saturated heterocycles. The first-order valence-electron chi connectivity index (χ1n) is 6.34. The van der Waals surface area contributed by atoms with Crippen LogP contribution < -0.4 is 5.56 Å². The highest BCUT2D eigenvalue weighted by Crippen LogP contribution is 2.27. The number of carbonyl (C=O) groups is 1. The fourth-order valence-electron chi connectivity index (χ4n) is 2.36. The van der Waals surface area contributed by atoms with Gasteiger partial charge in [-0.25, -0.2) is 4.79 Å². The summed E-state index contributed by atoms with van der Waals surface area (Å²) in [5.74, 6) is -1.19. The first-order chi connectivity index (χ1) is 9.32. The summed E-state index contributed by atoms with van der Waals surface area (Å²) < 4.78 is 1.36. The third-order valence-electron chi connectivity index (χ3n) is 3.56. The lowest BCUT2D eigenvalue weighted by Crippen LogP contribution is -2.26. The van der Waals surface area contributed by atoms with Gasteiger partial charge in [0.1, 0.15) is 5.56 Å². The summed E-state index contributed by atoms with van der Waals surface area (Å²) in [6, 6.07) is 7.52. The molecule has 0 atom stereocenters. The second kappa shape index (κ2) is 4.96. The highest BCUT2D eigenvalue weighted by molar-refractivity contribution is 5.96. The van der Waals surface area contributed by atoms with Gasteiger partial charge in [0.25, 0.3) is 5.56 Å². The molecule has 20 heavy (non-hydrogen) atoms. The number of rotatable bonds is 2. The average molecular weight is 271 g/mol. The number of pyridine rings is 1. The van der Waals surface area contributed by atoms with E-state index < -0.39 is 11.5 Å². The molecule has 1 heterocycles. The zero-order valence-corrected chi connectivity index (χ0v) is 12.0. The topological polar surface area (TPSA) is 59.3 Å². The number of aromatic nitrogens is 1. The van der Waals surface area contributed by atoms with Crippen LogP contribution in [0.4, 0.5) is 0 Å². The molecule has 0 aliphatic heterocycles. The maximum Gasteiger partial charge on any atom is 0.341 e. The molecule has 0 bridgehead atoms. The van der Waals surface area contributed by atoms with E-state index in [0.717, 1.165) is 22.4 Å². The van der Waals surface area contributed by atoms with Gasteiger partial charge in [0, 0.05) is 18.3 Å². The van der Waals surface area contributed by atoms with Gasteiger partial charge in [-0.1, -0.05) is 23.8 Å². The molecular formula is C16H17NO3. The van der Waals surface area contributed by atoms with Crippen LogP contribution in [-0.2, 0) is 7.05 Å². The lowest BCUT2D eigenvalue weighted by molar-refractivity contribution is 0.0695. The van der Waals surface area contributed by atoms with E-state index in [4.69, 9.17) is 0 Å². The van der Waals surface area contributed by atoms with Gasteiger partial charge in [-0.15, -0.1) is 0 Å². The number of carboxylic acid groups (broad SMARTS) is 1. The highest BCUT2D eigenvalue weighted by Gasteiger charge is 2.19. The van der Waals surface area contributed by atoms with Gasteiger partial charge in [-0.05, 0) is 38.0 Å². The number of hydrogen-bond acceptors (Lipinski definition) is 2. The Bertz CT molecular complexity index is 757. The minimum atomic E-state index is -1.19. The second-order valence-electron chi connectivity index (χ2n) is 5.06. The van der Waals surface area contributed by atoms with Crippen molar-refractivity contribution in [2.75, 3.05) is 0 Å². The van der Waals surface area contributed by atoms with Crippen molar-refractivity contribution in [2.24, 2.45) is 7.05 Å². The summed E-state index contributed by atoms with van der Waals surface area (Å²) in [6.45, 7) is 5.69. The van der Waals surface area contributed by atoms with E-state index >= 15 is 0 Å². The fraction of sp³-hybridized carbons (Fsp3) is 0.250. The van der Waals surface area contributed by atoms with E-state index in [9.17, 15) is 14.7 Å². The first-order valence-corrected chi connectivity index (χ1v) is 6.34. The fourth-order valence-corrected chi connectivity index (χ4v) is 2.36. The first kappa shape index (κ1) is 14.1. The second-order valence-corrected chi connectivity index (χ2v) is 5.06. The van der Waals surface area contributed by atoms with Crippen molar-refractivity contribution in [3.8, 4) is 11.1 Å². The Morgan fingerprint density at radius 1 is 1.10 bits per heavy atom. The summed E-state index contributed by atoms with van der Waals surface area (Å²) in [7, 11) is 1.58. The third kappa shape index (κ3) is 2.25. The van der Waals surface area contributed by atoms with Gasteiger partial charge >= 0.3 is 5.97 Å². The van der Waals surface area contributed by atoms with Gasteiger partial charge in [-0.2, -0.15) is 0 Å². The minimum Gasteiger partial charge on any atom is -0.477 e. The third-order valence-corrected chi connectivity index (χ3v) is 3.56. The molecule has 0 aliphatic carbocycles. The van der Waals surface area contributed by atoms with Crippen molar-refractivity contribution >= 4 is 5.97 Å². The minimum absolute atomic E-state index is 0.176. The molecule has 0 spiro atoms. The van der Waals surface area contributed by atoms with Gasteiger partial charge in [0.15, 0.2) is 0 Å². The summed E-state index contributed by atoms with van der Waals surface area (Å²) in [6.07, 6.45) is 0. The van der Waals surface area contributed by atoms with Crippen LogP contribution in [0, 0.1) is 20.8 Å². The molecule has 0 aliphatic rings. The normalized spacial score (nSPS) is 10.6. The molecular weight excluding hydrogens is 254 g/mol. The van der Waals surface area contributed by atoms with E-state index in [1.165, 1.54) is 4.57 Å². The van der Waals surface area contributed by atoms with Crippen molar-refractivity contribution in [3.05, 3.63) is 57.0 Å². The Balaban J connectivity index is 2.86. The molecule has 4 heteroatoms. The smallest absolute Gasteiger partial charge is 0.341 e. The number of hydrogen-bond donors (Lipinski definition) is 1. The maximum absolute atomic E-state index is 12.2. The van der Waals surface area contributed by atoms with Gasteiger partial charge < -0.3 is 9.67 Å². The van der Waals surface area contributed by atoms with Crippen molar-refractivity contribution < 1.29 is 9.90 Å². The van der Waals surface area contributed by atoms with Crippen LogP contribution in [0.2, 0.25) is 0 Å². The molecule has 0 fully saturated rings. The van der Waals surface area contributed by atoms with Crippen LogP contribution in [0.15, 0.2) is 29.1 Å². The Kier molecular flexibility index (Phi) is 3.49. The highest BCUT2D eigenvalue weighted by atomic mass is 16.4. The maximum atomic E-state index is 12.2. The lowest BCUT2D eigenvalue weighted by atomic mass is 9.95. The van der Waals surface area contributed by atoms with E-state index in [1.807, 2.05) is 32.0 Å². The Morgan fingerprint density at radius 3 is 2.30 bits per heavy atom. The van der Waals surface area contributed by atoms with E-state index in [2.05, 4.69) is 0 Å². The zero-order chi connectivity index (χ0) is 15.0. The molecule has 1 N–H and O–H groups in total. The molecule has 0 amide bonds. The van der Waals surface area contributed by atoms with Crippen molar-refractivity contribution in [2.45, 2.75) is 20.8 Å². The number of aryl methyl sites for hydroxylation is 3.